The summed E-state index contributed by atoms with van der Waals surface area (Å²) in [5.41, 5.74) is 27.5. The number of furan rings is 1. The first kappa shape index (κ1) is 67.0. The van der Waals surface area contributed by atoms with Gasteiger partial charge in [-0.2, -0.15) is 0 Å². The van der Waals surface area contributed by atoms with Crippen LogP contribution in [0.3, 0.4) is 0 Å². The maximum absolute atomic E-state index is 6.27. The zero-order valence-electron chi connectivity index (χ0n) is 65.5. The molecule has 0 bridgehead atoms. The second-order valence-electron chi connectivity index (χ2n) is 32.2. The van der Waals surface area contributed by atoms with Crippen LogP contribution in [0.5, 0.6) is 0 Å². The maximum atomic E-state index is 6.27. The number of hydrogen-bond acceptors (Lipinski definition) is 3. The lowest BCUT2D eigenvalue weighted by Gasteiger charge is -2.26. The molecule has 7 heteroatoms. The van der Waals surface area contributed by atoms with Gasteiger partial charge in [0.1, 0.15) is 11.2 Å². The Morgan fingerprint density at radius 3 is 0.826 bits per heavy atom. The lowest BCUT2D eigenvalue weighted by molar-refractivity contribution is 0.669. The van der Waals surface area contributed by atoms with E-state index in [0.717, 1.165) is 78.6 Å². The molecule has 0 amide bonds. The number of rotatable bonds is 10. The lowest BCUT2D eigenvalue weighted by Crippen LogP contribution is -2.10. The van der Waals surface area contributed by atoms with Gasteiger partial charge >= 0.3 is 0 Å². The van der Waals surface area contributed by atoms with Crippen LogP contribution in [-0.4, -0.2) is 17.9 Å². The smallest absolute Gasteiger partial charge is 0.136 e. The molecule has 20 aromatic carbocycles. The molecule has 121 heavy (non-hydrogen) atoms. The third-order valence-corrected chi connectivity index (χ3v) is 25.9. The van der Waals surface area contributed by atoms with Crippen molar-refractivity contribution in [3.63, 3.8) is 0 Å². The van der Waals surface area contributed by atoms with Crippen molar-refractivity contribution in [1.82, 2.24) is 17.9 Å². The average Bonchev–Trinajstić information content (AvgIpc) is 1.54. The van der Waals surface area contributed by atoms with Crippen molar-refractivity contribution in [2.75, 3.05) is 9.80 Å². The van der Waals surface area contributed by atoms with Crippen LogP contribution in [0.15, 0.2) is 429 Å². The minimum Gasteiger partial charge on any atom is -0.456 e. The average molecular weight is 1540 g/mol. The molecule has 7 heterocycles. The summed E-state index contributed by atoms with van der Waals surface area (Å²) in [7, 11) is 0. The van der Waals surface area contributed by atoms with E-state index in [1.54, 1.807) is 0 Å². The first-order valence-corrected chi connectivity index (χ1v) is 41.6. The summed E-state index contributed by atoms with van der Waals surface area (Å²) in [5.74, 6) is 0. The van der Waals surface area contributed by atoms with Gasteiger partial charge in [0.25, 0.3) is 0 Å². The summed E-state index contributed by atoms with van der Waals surface area (Å²) in [6.07, 6.45) is 0. The van der Waals surface area contributed by atoms with Gasteiger partial charge in [0, 0.05) is 121 Å². The predicted molar refractivity (Wildman–Crippen MR) is 511 cm³/mol. The highest BCUT2D eigenvalue weighted by Crippen LogP contribution is 2.48. The second-order valence-corrected chi connectivity index (χ2v) is 32.2. The van der Waals surface area contributed by atoms with Gasteiger partial charge in [0.15, 0.2) is 0 Å². The molecule has 0 aliphatic carbocycles. The van der Waals surface area contributed by atoms with Crippen molar-refractivity contribution in [2.45, 2.75) is 0 Å². The third kappa shape index (κ3) is 10.1. The van der Waals surface area contributed by atoms with Crippen LogP contribution in [0.4, 0.5) is 34.1 Å². The van der Waals surface area contributed by atoms with Gasteiger partial charge in [-0.15, -0.1) is 0 Å². The normalized spacial score (nSPS) is 12.1. The Bertz CT molecular complexity index is 8770. The molecule has 0 saturated heterocycles. The van der Waals surface area contributed by atoms with E-state index >= 15 is 0 Å². The number of anilines is 6. The number of aromatic nitrogens is 4. The SMILES string of the molecule is c1ccc2c(c1)c1ccccc1c1cc(-c3ccc(N(c4ccc(-n5c6ccccc6c6ccccc65)cc4)c4ccc5c6cccc7c8ccccc8n(c5c4)c76)cc3)ccc21.c1ccc2c(c1)oc1cc(-c3ccc(N(c4ccc(-n5c6ccccc6c6ccccc65)cc4)c4ccc5c6cccc7c8ccccc8n(c5c4)c76)cc3)ccc12. The molecule has 0 spiro atoms. The van der Waals surface area contributed by atoms with Gasteiger partial charge in [-0.1, -0.05) is 267 Å². The molecule has 27 rings (SSSR count). The van der Waals surface area contributed by atoms with Gasteiger partial charge in [-0.25, -0.2) is 0 Å². The zero-order valence-corrected chi connectivity index (χ0v) is 65.5. The molecule has 0 fully saturated rings. The van der Waals surface area contributed by atoms with Gasteiger partial charge in [0.2, 0.25) is 0 Å². The quantitative estimate of drug-likeness (QED) is 0.128. The van der Waals surface area contributed by atoms with Crippen molar-refractivity contribution in [3.05, 3.63) is 425 Å². The zero-order chi connectivity index (χ0) is 79.1. The Labute approximate surface area is 694 Å². The summed E-state index contributed by atoms with van der Waals surface area (Å²) < 4.78 is 16.0. The van der Waals surface area contributed by atoms with Crippen molar-refractivity contribution in [1.29, 1.82) is 0 Å². The highest BCUT2D eigenvalue weighted by Gasteiger charge is 2.25. The number of benzene rings is 20. The molecule has 0 aliphatic heterocycles. The molecule has 562 valence electrons. The Balaban J connectivity index is 0.000000131. The molecule has 7 nitrogen and oxygen atoms in total. The summed E-state index contributed by atoms with van der Waals surface area (Å²) >= 11 is 0. The first-order chi connectivity index (χ1) is 60.0. The van der Waals surface area contributed by atoms with Gasteiger partial charge in [-0.05, 0) is 212 Å². The number of hydrogen-bond donors (Lipinski definition) is 0. The van der Waals surface area contributed by atoms with E-state index in [9.17, 15) is 0 Å². The van der Waals surface area contributed by atoms with E-state index in [2.05, 4.69) is 440 Å². The van der Waals surface area contributed by atoms with Crippen LogP contribution in [-0.2, 0) is 0 Å². The molecule has 0 saturated carbocycles. The molecule has 0 N–H and O–H groups in total. The Morgan fingerprint density at radius 2 is 0.421 bits per heavy atom. The lowest BCUT2D eigenvalue weighted by atomic mass is 9.92. The number of fused-ring (bicyclic) bond motifs is 27. The van der Waals surface area contributed by atoms with Crippen LogP contribution < -0.4 is 9.80 Å². The summed E-state index contributed by atoms with van der Waals surface area (Å²) in [5, 5.41) is 25.3. The first-order valence-electron chi connectivity index (χ1n) is 41.6. The minimum atomic E-state index is 0.901. The summed E-state index contributed by atoms with van der Waals surface area (Å²) in [6, 6.07) is 155. The van der Waals surface area contributed by atoms with E-state index in [0.29, 0.717) is 0 Å². The molecule has 7 aromatic heterocycles. The second kappa shape index (κ2) is 26.1. The Kier molecular flexibility index (Phi) is 14.5. The Hall–Kier alpha value is -16.2. The third-order valence-electron chi connectivity index (χ3n) is 25.9. The maximum Gasteiger partial charge on any atom is 0.136 e. The monoisotopic (exact) mass is 1540 g/mol. The highest BCUT2D eigenvalue weighted by molar-refractivity contribution is 6.28. The number of nitrogens with zero attached hydrogens (tertiary/aromatic N) is 6. The fourth-order valence-electron chi connectivity index (χ4n) is 20.5. The minimum absolute atomic E-state index is 0.901. The van der Waals surface area contributed by atoms with Gasteiger partial charge in [-0.3, -0.25) is 0 Å². The van der Waals surface area contributed by atoms with Crippen LogP contribution >= 0.6 is 0 Å². The molecular formula is C114H70N6O. The van der Waals surface area contributed by atoms with Gasteiger partial charge in [0.05, 0.1) is 55.2 Å². The Morgan fingerprint density at radius 1 is 0.157 bits per heavy atom. The van der Waals surface area contributed by atoms with Crippen molar-refractivity contribution < 1.29 is 4.42 Å². The number of para-hydroxylation sites is 9. The molecule has 0 atom stereocenters. The van der Waals surface area contributed by atoms with Gasteiger partial charge < -0.3 is 32.2 Å². The molecule has 0 unspecified atom stereocenters. The molecule has 0 aliphatic rings. The van der Waals surface area contributed by atoms with Crippen LogP contribution in [0.25, 0.3) is 208 Å². The molecule has 0 radical (unpaired) electrons. The summed E-state index contributed by atoms with van der Waals surface area (Å²) in [6.45, 7) is 0. The van der Waals surface area contributed by atoms with Crippen molar-refractivity contribution >= 4 is 208 Å². The topological polar surface area (TPSA) is 38.3 Å². The van der Waals surface area contributed by atoms with Crippen LogP contribution in [0, 0.1) is 0 Å². The van der Waals surface area contributed by atoms with E-state index < -0.39 is 0 Å². The predicted octanol–water partition coefficient (Wildman–Crippen LogP) is 31.5. The largest absolute Gasteiger partial charge is 0.456 e. The van der Waals surface area contributed by atoms with Crippen LogP contribution in [0.2, 0.25) is 0 Å². The fraction of sp³-hybridized carbons (Fsp3) is 0. The van der Waals surface area contributed by atoms with Crippen molar-refractivity contribution in [2.24, 2.45) is 0 Å². The standard InChI is InChI=1S/C60H37N3.C54H33N3O/c1-2-14-46-44(12-1)45-13-3-4-15-47(45)55-36-39(26-34-48(46)55)38-24-27-40(28-25-38)61(41-29-31-42(32-30-41)62-56-21-8-5-16-49(56)50-17-6-9-22-57(50)62)43-33-35-52-54-20-11-19-53-51-18-7-10-23-58(51)63(60(53)54)59(52)37-43;1-5-16-48-40(10-1)41-11-2-6-17-49(41)56(48)38-27-25-37(26-28-38)55(36-23-20-34(21-24-36)35-22-30-45-44-13-4-8-19-52(44)58-53(45)32-35)39-29-31-43-47-15-9-14-46-42-12-3-7-18-50(42)57(54(46)47)51(43)33-39/h1-37H;1-33H. The molecular weight excluding hydrogens is 1470 g/mol. The van der Waals surface area contributed by atoms with E-state index in [1.165, 1.54) is 163 Å². The molecule has 27 aromatic rings. The van der Waals surface area contributed by atoms with Crippen molar-refractivity contribution in [3.8, 4) is 33.6 Å². The van der Waals surface area contributed by atoms with Crippen LogP contribution in [0.1, 0.15) is 0 Å². The fourth-order valence-corrected chi connectivity index (χ4v) is 20.5. The summed E-state index contributed by atoms with van der Waals surface area (Å²) in [4.78, 5) is 4.79. The highest BCUT2D eigenvalue weighted by atomic mass is 16.3. The van der Waals surface area contributed by atoms with E-state index in [-0.39, 0.29) is 0 Å². The van der Waals surface area contributed by atoms with E-state index in [4.69, 9.17) is 4.42 Å². The van der Waals surface area contributed by atoms with E-state index in [1.807, 2.05) is 12.1 Å².